The van der Waals surface area contributed by atoms with E-state index in [1.165, 1.54) is 23.5 Å². The van der Waals surface area contributed by atoms with Gasteiger partial charge in [0.25, 0.3) is 5.91 Å². The Labute approximate surface area is 159 Å². The number of rotatable bonds is 6. The van der Waals surface area contributed by atoms with Crippen molar-refractivity contribution >= 4 is 50.3 Å². The van der Waals surface area contributed by atoms with Gasteiger partial charge in [0, 0.05) is 17.4 Å². The summed E-state index contributed by atoms with van der Waals surface area (Å²) in [6.07, 6.45) is -0.182. The van der Waals surface area contributed by atoms with Gasteiger partial charge in [-0.15, -0.1) is 11.3 Å². The molecular weight excluding hydrogens is 400 g/mol. The molecular formula is C16H15ClN2O5S2. The highest BCUT2D eigenvalue weighted by molar-refractivity contribution is 7.91. The molecule has 2 N–H and O–H groups in total. The monoisotopic (exact) mass is 414 g/mol. The van der Waals surface area contributed by atoms with Crippen molar-refractivity contribution in [3.63, 3.8) is 0 Å². The Balaban J connectivity index is 1.66. The van der Waals surface area contributed by atoms with Crippen LogP contribution in [0.25, 0.3) is 0 Å². The maximum Gasteiger partial charge on any atom is 0.262 e. The summed E-state index contributed by atoms with van der Waals surface area (Å²) >= 11 is 7.56. The van der Waals surface area contributed by atoms with E-state index in [4.69, 9.17) is 16.3 Å². The maximum atomic E-state index is 12.5. The number of ether oxygens (including phenoxy) is 1. The van der Waals surface area contributed by atoms with Crippen LogP contribution in [0.2, 0.25) is 5.02 Å². The lowest BCUT2D eigenvalue weighted by atomic mass is 10.2. The van der Waals surface area contributed by atoms with E-state index in [2.05, 4.69) is 10.6 Å². The highest BCUT2D eigenvalue weighted by atomic mass is 35.5. The number of fused-ring (bicyclic) bond motifs is 1. The van der Waals surface area contributed by atoms with Gasteiger partial charge in [0.05, 0.1) is 27.9 Å². The number of hydrogen-bond donors (Lipinski definition) is 2. The third kappa shape index (κ3) is 4.35. The van der Waals surface area contributed by atoms with E-state index in [1.807, 2.05) is 17.5 Å². The third-order valence-corrected chi connectivity index (χ3v) is 6.69. The molecule has 0 radical (unpaired) electrons. The van der Waals surface area contributed by atoms with E-state index in [9.17, 15) is 18.0 Å². The first-order valence-electron chi connectivity index (χ1n) is 7.63. The topological polar surface area (TPSA) is 102 Å². The molecule has 1 aromatic carbocycles. The number of nitrogens with one attached hydrogen (secondary N) is 2. The summed E-state index contributed by atoms with van der Waals surface area (Å²) in [5.74, 6) is -0.852. The van der Waals surface area contributed by atoms with Gasteiger partial charge in [0.1, 0.15) is 5.75 Å². The maximum absolute atomic E-state index is 12.5. The number of anilines is 1. The number of carbonyl (C=O) groups excluding carboxylic acids is 2. The summed E-state index contributed by atoms with van der Waals surface area (Å²) in [7, 11) is -3.79. The fourth-order valence-electron chi connectivity index (χ4n) is 2.34. The molecule has 26 heavy (non-hydrogen) atoms. The third-order valence-electron chi connectivity index (χ3n) is 3.64. The van der Waals surface area contributed by atoms with Gasteiger partial charge in [-0.3, -0.25) is 9.59 Å². The summed E-state index contributed by atoms with van der Waals surface area (Å²) in [6, 6.07) is 6.36. The van der Waals surface area contributed by atoms with Crippen LogP contribution >= 0.6 is 22.9 Å². The van der Waals surface area contributed by atoms with Gasteiger partial charge in [-0.05, 0) is 17.5 Å². The first kappa shape index (κ1) is 18.7. The van der Waals surface area contributed by atoms with Gasteiger partial charge in [0.15, 0.2) is 16.4 Å². The molecule has 0 saturated carbocycles. The van der Waals surface area contributed by atoms with Crippen molar-refractivity contribution in [3.05, 3.63) is 39.5 Å². The van der Waals surface area contributed by atoms with Gasteiger partial charge in [-0.1, -0.05) is 17.7 Å². The van der Waals surface area contributed by atoms with Crippen molar-refractivity contribution in [2.24, 2.45) is 0 Å². The van der Waals surface area contributed by atoms with E-state index in [0.29, 0.717) is 12.2 Å². The molecule has 7 nitrogen and oxygen atoms in total. The lowest BCUT2D eigenvalue weighted by Gasteiger charge is -2.19. The molecule has 1 aliphatic heterocycles. The molecule has 0 saturated heterocycles. The van der Waals surface area contributed by atoms with Crippen LogP contribution < -0.4 is 15.4 Å². The molecule has 0 aliphatic carbocycles. The Kier molecular flexibility index (Phi) is 5.49. The molecule has 0 atom stereocenters. The molecule has 0 spiro atoms. The van der Waals surface area contributed by atoms with Crippen molar-refractivity contribution in [1.29, 1.82) is 0 Å². The van der Waals surface area contributed by atoms with Gasteiger partial charge < -0.3 is 15.4 Å². The Morgan fingerprint density at radius 2 is 2.19 bits per heavy atom. The number of amides is 2. The van der Waals surface area contributed by atoms with Crippen LogP contribution in [0.3, 0.4) is 0 Å². The lowest BCUT2D eigenvalue weighted by Crippen LogP contribution is -2.26. The first-order chi connectivity index (χ1) is 12.3. The Morgan fingerprint density at radius 1 is 1.38 bits per heavy atom. The minimum absolute atomic E-state index is 0.0338. The minimum Gasteiger partial charge on any atom is -0.482 e. The highest BCUT2D eigenvalue weighted by Gasteiger charge is 2.25. The zero-order valence-corrected chi connectivity index (χ0v) is 15.8. The first-order valence-corrected chi connectivity index (χ1v) is 10.5. The second kappa shape index (κ2) is 7.65. The second-order valence-electron chi connectivity index (χ2n) is 5.54. The molecule has 0 unspecified atom stereocenters. The van der Waals surface area contributed by atoms with Crippen molar-refractivity contribution < 1.29 is 22.7 Å². The van der Waals surface area contributed by atoms with Gasteiger partial charge in [0.2, 0.25) is 5.91 Å². The van der Waals surface area contributed by atoms with Crippen LogP contribution in [0.4, 0.5) is 5.69 Å². The Bertz CT molecular complexity index is 942. The van der Waals surface area contributed by atoms with Crippen LogP contribution in [0.15, 0.2) is 34.5 Å². The van der Waals surface area contributed by atoms with Crippen LogP contribution in [0.1, 0.15) is 11.3 Å². The molecule has 1 aromatic heterocycles. The zero-order valence-electron chi connectivity index (χ0n) is 13.5. The van der Waals surface area contributed by atoms with Crippen molar-refractivity contribution in [1.82, 2.24) is 5.32 Å². The van der Waals surface area contributed by atoms with E-state index in [1.54, 1.807) is 0 Å². The van der Waals surface area contributed by atoms with Crippen LogP contribution in [-0.4, -0.2) is 32.6 Å². The summed E-state index contributed by atoms with van der Waals surface area (Å²) in [6.45, 7) is 0.170. The second-order valence-corrected chi connectivity index (χ2v) is 9.06. The van der Waals surface area contributed by atoms with E-state index in [0.717, 1.165) is 4.88 Å². The highest BCUT2D eigenvalue weighted by Crippen LogP contribution is 2.36. The predicted octanol–water partition coefficient (Wildman–Crippen LogP) is 2.21. The van der Waals surface area contributed by atoms with Crippen LogP contribution in [0.5, 0.6) is 5.75 Å². The minimum atomic E-state index is -3.79. The normalized spacial score (nSPS) is 13.5. The molecule has 2 heterocycles. The van der Waals surface area contributed by atoms with Crippen molar-refractivity contribution in [3.8, 4) is 5.75 Å². The van der Waals surface area contributed by atoms with Crippen LogP contribution in [0, 0.1) is 0 Å². The molecule has 2 aromatic rings. The molecule has 10 heteroatoms. The summed E-state index contributed by atoms with van der Waals surface area (Å²) in [5.41, 5.74) is 0.318. The predicted molar refractivity (Wildman–Crippen MR) is 98.4 cm³/mol. The number of carbonyl (C=O) groups is 2. The molecule has 3 rings (SSSR count). The largest absolute Gasteiger partial charge is 0.482 e. The zero-order chi connectivity index (χ0) is 18.7. The molecule has 2 amide bonds. The SMILES string of the molecule is O=C(CCS(=O)(=O)c1cc2c(cc1Cl)NC(=O)CO2)NCc1cccs1. The molecule has 138 valence electrons. The Hall–Kier alpha value is -2.10. The number of thiophene rings is 1. The van der Waals surface area contributed by atoms with E-state index in [-0.39, 0.29) is 46.3 Å². The molecule has 1 aliphatic rings. The van der Waals surface area contributed by atoms with E-state index >= 15 is 0 Å². The number of hydrogen-bond acceptors (Lipinski definition) is 6. The lowest BCUT2D eigenvalue weighted by molar-refractivity contribution is -0.121. The smallest absolute Gasteiger partial charge is 0.262 e. The number of halogens is 1. The van der Waals surface area contributed by atoms with Crippen LogP contribution in [-0.2, 0) is 26.0 Å². The summed E-state index contributed by atoms with van der Waals surface area (Å²) in [5, 5.41) is 7.10. The average Bonchev–Trinajstić information content (AvgIpc) is 3.11. The summed E-state index contributed by atoms with van der Waals surface area (Å²) in [4.78, 5) is 24.1. The van der Waals surface area contributed by atoms with E-state index < -0.39 is 9.84 Å². The fourth-order valence-corrected chi connectivity index (χ4v) is 4.82. The van der Waals surface area contributed by atoms with Gasteiger partial charge in [-0.25, -0.2) is 8.42 Å². The fraction of sp³-hybridized carbons (Fsp3) is 0.250. The van der Waals surface area contributed by atoms with Gasteiger partial charge in [-0.2, -0.15) is 0 Å². The Morgan fingerprint density at radius 3 is 2.92 bits per heavy atom. The van der Waals surface area contributed by atoms with Gasteiger partial charge >= 0.3 is 0 Å². The molecule has 0 bridgehead atoms. The quantitative estimate of drug-likeness (QED) is 0.754. The number of benzene rings is 1. The number of sulfone groups is 1. The molecule has 0 fully saturated rings. The average molecular weight is 415 g/mol. The standard InChI is InChI=1S/C16H15ClN2O5S2/c17-11-6-12-13(24-9-16(21)19-12)7-14(11)26(22,23)5-3-15(20)18-8-10-2-1-4-25-10/h1-2,4,6-7H,3,5,8-9H2,(H,18,20)(H,19,21). The van der Waals surface area contributed by atoms with Crippen molar-refractivity contribution in [2.45, 2.75) is 17.9 Å². The summed E-state index contributed by atoms with van der Waals surface area (Å²) < 4.78 is 30.3. The van der Waals surface area contributed by atoms with Crippen molar-refractivity contribution in [2.75, 3.05) is 17.7 Å².